The molecular weight excluding hydrogens is 374 g/mol. The number of hydrogen-bond donors (Lipinski definition) is 0. The van der Waals surface area contributed by atoms with E-state index in [9.17, 15) is 13.2 Å². The molecule has 1 heterocycles. The molecule has 2 aromatic rings. The van der Waals surface area contributed by atoms with Gasteiger partial charge in [-0.3, -0.25) is 4.79 Å². The summed E-state index contributed by atoms with van der Waals surface area (Å²) in [6.07, 6.45) is 3.67. The number of piperidine rings is 1. The summed E-state index contributed by atoms with van der Waals surface area (Å²) in [4.78, 5) is 12.4. The highest BCUT2D eigenvalue weighted by molar-refractivity contribution is 7.89. The number of aryl methyl sites for hydroxylation is 3. The SMILES string of the molecule is Cc1cc(C)cc(OC(=O)CCc2ccc(S(=O)(=O)N3CCCCC3)cc2)c1. The van der Waals surface area contributed by atoms with Crippen LogP contribution in [0.2, 0.25) is 0 Å². The Hall–Kier alpha value is -2.18. The first-order valence-corrected chi connectivity index (χ1v) is 11.2. The third-order valence-electron chi connectivity index (χ3n) is 4.92. The molecule has 1 aliphatic rings. The number of carbonyl (C=O) groups is 1. The molecule has 3 rings (SSSR count). The van der Waals surface area contributed by atoms with Crippen LogP contribution in [0.5, 0.6) is 5.75 Å². The molecule has 1 aliphatic heterocycles. The summed E-state index contributed by atoms with van der Waals surface area (Å²) in [7, 11) is -3.42. The van der Waals surface area contributed by atoms with Gasteiger partial charge in [-0.15, -0.1) is 0 Å². The lowest BCUT2D eigenvalue weighted by molar-refractivity contribution is -0.134. The number of hydrogen-bond acceptors (Lipinski definition) is 4. The minimum Gasteiger partial charge on any atom is -0.427 e. The molecule has 5 nitrogen and oxygen atoms in total. The van der Waals surface area contributed by atoms with Gasteiger partial charge in [-0.05, 0) is 74.1 Å². The Morgan fingerprint density at radius 2 is 1.57 bits per heavy atom. The highest BCUT2D eigenvalue weighted by Gasteiger charge is 2.25. The standard InChI is InChI=1S/C22H27NO4S/c1-17-14-18(2)16-20(15-17)27-22(24)11-8-19-6-9-21(10-7-19)28(25,26)23-12-4-3-5-13-23/h6-7,9-10,14-16H,3-5,8,11-13H2,1-2H3. The molecule has 0 N–H and O–H groups in total. The van der Waals surface area contributed by atoms with Gasteiger partial charge in [0.25, 0.3) is 0 Å². The van der Waals surface area contributed by atoms with Crippen molar-refractivity contribution in [3.05, 3.63) is 59.2 Å². The maximum atomic E-state index is 12.7. The molecule has 1 fully saturated rings. The van der Waals surface area contributed by atoms with Crippen LogP contribution in [0, 0.1) is 13.8 Å². The van der Waals surface area contributed by atoms with Crippen LogP contribution < -0.4 is 4.74 Å². The quantitative estimate of drug-likeness (QED) is 0.542. The molecule has 6 heteroatoms. The molecule has 2 aromatic carbocycles. The lowest BCUT2D eigenvalue weighted by atomic mass is 10.1. The van der Waals surface area contributed by atoms with Crippen LogP contribution in [0.25, 0.3) is 0 Å². The van der Waals surface area contributed by atoms with E-state index < -0.39 is 10.0 Å². The van der Waals surface area contributed by atoms with Gasteiger partial charge in [0.1, 0.15) is 5.75 Å². The zero-order valence-electron chi connectivity index (χ0n) is 16.5. The Kier molecular flexibility index (Phi) is 6.52. The molecule has 0 atom stereocenters. The summed E-state index contributed by atoms with van der Waals surface area (Å²) >= 11 is 0. The first-order valence-electron chi connectivity index (χ1n) is 9.73. The number of nitrogens with zero attached hydrogens (tertiary/aromatic N) is 1. The third kappa shape index (κ3) is 5.20. The summed E-state index contributed by atoms with van der Waals surface area (Å²) in [5, 5.41) is 0. The van der Waals surface area contributed by atoms with E-state index in [0.29, 0.717) is 30.2 Å². The van der Waals surface area contributed by atoms with E-state index in [-0.39, 0.29) is 12.4 Å². The number of esters is 1. The zero-order valence-corrected chi connectivity index (χ0v) is 17.3. The number of rotatable bonds is 6. The fourth-order valence-corrected chi connectivity index (χ4v) is 5.02. The van der Waals surface area contributed by atoms with Gasteiger partial charge >= 0.3 is 5.97 Å². The van der Waals surface area contributed by atoms with Gasteiger partial charge in [-0.1, -0.05) is 24.6 Å². The van der Waals surface area contributed by atoms with Crippen molar-refractivity contribution in [1.29, 1.82) is 0 Å². The van der Waals surface area contributed by atoms with Crippen LogP contribution in [0.1, 0.15) is 42.4 Å². The van der Waals surface area contributed by atoms with Crippen molar-refractivity contribution in [3.8, 4) is 5.75 Å². The van der Waals surface area contributed by atoms with E-state index in [1.165, 1.54) is 0 Å². The van der Waals surface area contributed by atoms with E-state index in [0.717, 1.165) is 36.0 Å². The minimum atomic E-state index is -3.42. The van der Waals surface area contributed by atoms with E-state index in [1.54, 1.807) is 28.6 Å². The van der Waals surface area contributed by atoms with Crippen LogP contribution in [-0.2, 0) is 21.2 Å². The number of ether oxygens (including phenoxy) is 1. The maximum absolute atomic E-state index is 12.7. The Morgan fingerprint density at radius 3 is 2.18 bits per heavy atom. The second-order valence-electron chi connectivity index (χ2n) is 7.41. The Bertz CT molecular complexity index is 909. The van der Waals surface area contributed by atoms with Crippen molar-refractivity contribution in [2.24, 2.45) is 0 Å². The van der Waals surface area contributed by atoms with Crippen LogP contribution in [-0.4, -0.2) is 31.8 Å². The van der Waals surface area contributed by atoms with Gasteiger partial charge in [-0.2, -0.15) is 4.31 Å². The lowest BCUT2D eigenvalue weighted by Gasteiger charge is -2.25. The number of benzene rings is 2. The molecular formula is C22H27NO4S. The lowest BCUT2D eigenvalue weighted by Crippen LogP contribution is -2.35. The van der Waals surface area contributed by atoms with E-state index in [4.69, 9.17) is 4.74 Å². The van der Waals surface area contributed by atoms with Crippen LogP contribution in [0.15, 0.2) is 47.4 Å². The Balaban J connectivity index is 1.57. The first-order chi connectivity index (χ1) is 13.3. The van der Waals surface area contributed by atoms with Crippen molar-refractivity contribution in [1.82, 2.24) is 4.31 Å². The molecule has 28 heavy (non-hydrogen) atoms. The van der Waals surface area contributed by atoms with Crippen LogP contribution in [0.3, 0.4) is 0 Å². The van der Waals surface area contributed by atoms with E-state index in [2.05, 4.69) is 0 Å². The van der Waals surface area contributed by atoms with Crippen molar-refractivity contribution >= 4 is 16.0 Å². The molecule has 1 saturated heterocycles. The molecule has 150 valence electrons. The van der Waals surface area contributed by atoms with Crippen molar-refractivity contribution in [3.63, 3.8) is 0 Å². The second kappa shape index (κ2) is 8.88. The molecule has 0 unspecified atom stereocenters. The number of sulfonamides is 1. The Labute approximate surface area is 167 Å². The van der Waals surface area contributed by atoms with Gasteiger partial charge in [0.05, 0.1) is 4.90 Å². The van der Waals surface area contributed by atoms with E-state index in [1.807, 2.05) is 32.0 Å². The smallest absolute Gasteiger partial charge is 0.311 e. The summed E-state index contributed by atoms with van der Waals surface area (Å²) < 4.78 is 32.3. The number of carbonyl (C=O) groups excluding carboxylic acids is 1. The summed E-state index contributed by atoms with van der Waals surface area (Å²) in [6, 6.07) is 12.5. The van der Waals surface area contributed by atoms with Crippen LogP contribution >= 0.6 is 0 Å². The molecule has 0 radical (unpaired) electrons. The van der Waals surface area contributed by atoms with Crippen molar-refractivity contribution < 1.29 is 17.9 Å². The molecule has 0 bridgehead atoms. The molecule has 0 aliphatic carbocycles. The van der Waals surface area contributed by atoms with Gasteiger partial charge in [0.15, 0.2) is 0 Å². The van der Waals surface area contributed by atoms with Gasteiger partial charge in [0, 0.05) is 19.5 Å². The predicted octanol–water partition coefficient (Wildman–Crippen LogP) is 4.02. The minimum absolute atomic E-state index is 0.241. The van der Waals surface area contributed by atoms with Crippen LogP contribution in [0.4, 0.5) is 0 Å². The van der Waals surface area contributed by atoms with E-state index >= 15 is 0 Å². The summed E-state index contributed by atoms with van der Waals surface area (Å²) in [6.45, 7) is 5.11. The van der Waals surface area contributed by atoms with Gasteiger partial charge in [-0.25, -0.2) is 8.42 Å². The largest absolute Gasteiger partial charge is 0.427 e. The summed E-state index contributed by atoms with van der Waals surface area (Å²) in [5.74, 6) is 0.264. The van der Waals surface area contributed by atoms with Crippen molar-refractivity contribution in [2.45, 2.75) is 50.8 Å². The molecule has 0 saturated carbocycles. The topological polar surface area (TPSA) is 63.7 Å². The third-order valence-corrected chi connectivity index (χ3v) is 6.83. The summed E-state index contributed by atoms with van der Waals surface area (Å²) in [5.41, 5.74) is 3.01. The first kappa shape index (κ1) is 20.6. The fourth-order valence-electron chi connectivity index (χ4n) is 3.50. The monoisotopic (exact) mass is 401 g/mol. The maximum Gasteiger partial charge on any atom is 0.311 e. The highest BCUT2D eigenvalue weighted by Crippen LogP contribution is 2.21. The molecule has 0 aromatic heterocycles. The Morgan fingerprint density at radius 1 is 0.964 bits per heavy atom. The molecule has 0 spiro atoms. The molecule has 0 amide bonds. The predicted molar refractivity (Wildman–Crippen MR) is 109 cm³/mol. The average molecular weight is 402 g/mol. The fraction of sp³-hybridized carbons (Fsp3) is 0.409. The van der Waals surface area contributed by atoms with Gasteiger partial charge < -0.3 is 4.74 Å². The van der Waals surface area contributed by atoms with Crippen molar-refractivity contribution in [2.75, 3.05) is 13.1 Å². The normalized spacial score (nSPS) is 15.4. The van der Waals surface area contributed by atoms with Gasteiger partial charge in [0.2, 0.25) is 10.0 Å². The second-order valence-corrected chi connectivity index (χ2v) is 9.34. The zero-order chi connectivity index (χ0) is 20.1. The average Bonchev–Trinajstić information content (AvgIpc) is 2.66. The highest BCUT2D eigenvalue weighted by atomic mass is 32.2.